The van der Waals surface area contributed by atoms with Crippen LogP contribution in [0.1, 0.15) is 5.56 Å². The van der Waals surface area contributed by atoms with Crippen molar-refractivity contribution in [3.8, 4) is 0 Å². The Morgan fingerprint density at radius 2 is 1.83 bits per heavy atom. The largest absolute Gasteiger partial charge is 0.368 e. The molecule has 1 saturated heterocycles. The van der Waals surface area contributed by atoms with E-state index in [9.17, 15) is 0 Å². The maximum absolute atomic E-state index is 6.11. The molecule has 2 aromatic rings. The molecule has 0 bridgehead atoms. The van der Waals surface area contributed by atoms with E-state index < -0.39 is 0 Å². The van der Waals surface area contributed by atoms with Crippen molar-refractivity contribution in [3.63, 3.8) is 0 Å². The van der Waals surface area contributed by atoms with Gasteiger partial charge in [-0.05, 0) is 55.0 Å². The van der Waals surface area contributed by atoms with E-state index in [0.717, 1.165) is 43.2 Å². The fourth-order valence-corrected chi connectivity index (χ4v) is 3.22. The Kier molecular flexibility index (Phi) is 5.43. The molecule has 0 amide bonds. The number of piperazine rings is 1. The van der Waals surface area contributed by atoms with Gasteiger partial charge < -0.3 is 15.1 Å². The Balaban J connectivity index is 1.58. The van der Waals surface area contributed by atoms with Gasteiger partial charge in [0.25, 0.3) is 0 Å². The summed E-state index contributed by atoms with van der Waals surface area (Å²) in [5.41, 5.74) is 2.24. The summed E-state index contributed by atoms with van der Waals surface area (Å²) in [6.45, 7) is 5.48. The van der Waals surface area contributed by atoms with Crippen LogP contribution in [0.25, 0.3) is 0 Å². The number of anilines is 2. The molecule has 0 atom stereocenters. The quantitative estimate of drug-likeness (QED) is 0.788. The number of rotatable bonds is 2. The SMILES string of the molecule is Cc1ccnc(NC(=S)N2CCN(c3ccc(Cl)c(Cl)c3)CC2)c1. The number of nitrogens with zero attached hydrogens (tertiary/aromatic N) is 3. The molecular formula is C17H18Cl2N4S. The van der Waals surface area contributed by atoms with Gasteiger partial charge in [-0.3, -0.25) is 0 Å². The first kappa shape index (κ1) is 17.3. The summed E-state index contributed by atoms with van der Waals surface area (Å²) in [5, 5.41) is 5.08. The molecule has 0 saturated carbocycles. The van der Waals surface area contributed by atoms with Gasteiger partial charge in [0, 0.05) is 38.1 Å². The van der Waals surface area contributed by atoms with Gasteiger partial charge in [0.05, 0.1) is 10.0 Å². The van der Waals surface area contributed by atoms with Gasteiger partial charge in [-0.1, -0.05) is 23.2 Å². The van der Waals surface area contributed by atoms with Crippen LogP contribution < -0.4 is 10.2 Å². The van der Waals surface area contributed by atoms with Crippen molar-refractivity contribution in [2.45, 2.75) is 6.92 Å². The molecule has 126 valence electrons. The summed E-state index contributed by atoms with van der Waals surface area (Å²) < 4.78 is 0. The zero-order valence-electron chi connectivity index (χ0n) is 13.3. The molecule has 1 aliphatic heterocycles. The van der Waals surface area contributed by atoms with Crippen molar-refractivity contribution < 1.29 is 0 Å². The van der Waals surface area contributed by atoms with Crippen LogP contribution in [0.4, 0.5) is 11.5 Å². The average Bonchev–Trinajstić information content (AvgIpc) is 2.57. The van der Waals surface area contributed by atoms with Crippen LogP contribution in [-0.4, -0.2) is 41.2 Å². The second kappa shape index (κ2) is 7.55. The number of aromatic nitrogens is 1. The van der Waals surface area contributed by atoms with Crippen molar-refractivity contribution in [2.24, 2.45) is 0 Å². The van der Waals surface area contributed by atoms with Gasteiger partial charge in [-0.25, -0.2) is 4.98 Å². The van der Waals surface area contributed by atoms with Gasteiger partial charge in [0.2, 0.25) is 0 Å². The molecule has 24 heavy (non-hydrogen) atoms. The number of hydrogen-bond donors (Lipinski definition) is 1. The number of nitrogens with one attached hydrogen (secondary N) is 1. The fourth-order valence-electron chi connectivity index (χ4n) is 2.64. The van der Waals surface area contributed by atoms with Crippen molar-refractivity contribution in [2.75, 3.05) is 36.4 Å². The third-order valence-corrected chi connectivity index (χ3v) is 5.08. The Bertz CT molecular complexity index is 745. The maximum Gasteiger partial charge on any atom is 0.174 e. The molecule has 7 heteroatoms. The average molecular weight is 381 g/mol. The van der Waals surface area contributed by atoms with Crippen molar-refractivity contribution in [1.82, 2.24) is 9.88 Å². The first-order valence-corrected chi connectivity index (χ1v) is 8.88. The third kappa shape index (κ3) is 4.09. The van der Waals surface area contributed by atoms with Gasteiger partial charge in [0.15, 0.2) is 5.11 Å². The van der Waals surface area contributed by atoms with Crippen LogP contribution in [0.5, 0.6) is 0 Å². The monoisotopic (exact) mass is 380 g/mol. The van der Waals surface area contributed by atoms with Crippen LogP contribution in [0.15, 0.2) is 36.5 Å². The number of pyridine rings is 1. The van der Waals surface area contributed by atoms with E-state index in [2.05, 4.69) is 20.1 Å². The van der Waals surface area contributed by atoms with Crippen LogP contribution >= 0.6 is 35.4 Å². The Labute approximate surface area is 157 Å². The predicted octanol–water partition coefficient (Wildman–Crippen LogP) is 4.22. The van der Waals surface area contributed by atoms with E-state index in [1.807, 2.05) is 37.3 Å². The first-order valence-electron chi connectivity index (χ1n) is 7.71. The molecule has 1 N–H and O–H groups in total. The van der Waals surface area contributed by atoms with Gasteiger partial charge in [-0.2, -0.15) is 0 Å². The lowest BCUT2D eigenvalue weighted by Crippen LogP contribution is -2.50. The summed E-state index contributed by atoms with van der Waals surface area (Å²) in [4.78, 5) is 8.74. The lowest BCUT2D eigenvalue weighted by molar-refractivity contribution is 0.391. The molecular weight excluding hydrogens is 363 g/mol. The van der Waals surface area contributed by atoms with Crippen LogP contribution in [0.3, 0.4) is 0 Å². The van der Waals surface area contributed by atoms with Crippen molar-refractivity contribution >= 4 is 52.0 Å². The molecule has 4 nitrogen and oxygen atoms in total. The molecule has 1 aromatic heterocycles. The third-order valence-electron chi connectivity index (χ3n) is 3.99. The van der Waals surface area contributed by atoms with E-state index in [0.29, 0.717) is 15.2 Å². The molecule has 0 unspecified atom stereocenters. The normalized spacial score (nSPS) is 14.6. The summed E-state index contributed by atoms with van der Waals surface area (Å²) in [6.07, 6.45) is 1.78. The van der Waals surface area contributed by atoms with E-state index in [1.54, 1.807) is 6.20 Å². The van der Waals surface area contributed by atoms with E-state index in [-0.39, 0.29) is 0 Å². The lowest BCUT2D eigenvalue weighted by Gasteiger charge is -2.37. The Morgan fingerprint density at radius 3 is 2.50 bits per heavy atom. The van der Waals surface area contributed by atoms with Gasteiger partial charge in [0.1, 0.15) is 5.82 Å². The minimum atomic E-state index is 0.579. The summed E-state index contributed by atoms with van der Waals surface area (Å²) >= 11 is 17.6. The topological polar surface area (TPSA) is 31.4 Å². The maximum atomic E-state index is 6.11. The molecule has 0 spiro atoms. The van der Waals surface area contributed by atoms with E-state index in [4.69, 9.17) is 35.4 Å². The summed E-state index contributed by atoms with van der Waals surface area (Å²) in [5.74, 6) is 0.784. The van der Waals surface area contributed by atoms with E-state index >= 15 is 0 Å². The zero-order valence-corrected chi connectivity index (χ0v) is 15.6. The number of thiocarbonyl (C=S) groups is 1. The minimum absolute atomic E-state index is 0.579. The molecule has 2 heterocycles. The van der Waals surface area contributed by atoms with Gasteiger partial charge in [-0.15, -0.1) is 0 Å². The molecule has 1 fully saturated rings. The molecule has 1 aliphatic rings. The number of benzene rings is 1. The highest BCUT2D eigenvalue weighted by Gasteiger charge is 2.20. The van der Waals surface area contributed by atoms with Crippen LogP contribution in [0, 0.1) is 6.92 Å². The van der Waals surface area contributed by atoms with Crippen molar-refractivity contribution in [3.05, 3.63) is 52.1 Å². The molecule has 1 aromatic carbocycles. The molecule has 0 radical (unpaired) electrons. The molecule has 3 rings (SSSR count). The number of aryl methyl sites for hydroxylation is 1. The van der Waals surface area contributed by atoms with Gasteiger partial charge >= 0.3 is 0 Å². The fraction of sp³-hybridized carbons (Fsp3) is 0.294. The Morgan fingerprint density at radius 1 is 1.08 bits per heavy atom. The zero-order chi connectivity index (χ0) is 17.1. The Hall–Kier alpha value is -1.56. The second-order valence-electron chi connectivity index (χ2n) is 5.72. The predicted molar refractivity (Wildman–Crippen MR) is 105 cm³/mol. The first-order chi connectivity index (χ1) is 11.5. The number of hydrogen-bond acceptors (Lipinski definition) is 3. The van der Waals surface area contributed by atoms with Crippen molar-refractivity contribution in [1.29, 1.82) is 0 Å². The highest BCUT2D eigenvalue weighted by atomic mass is 35.5. The lowest BCUT2D eigenvalue weighted by atomic mass is 10.2. The smallest absolute Gasteiger partial charge is 0.174 e. The summed E-state index contributed by atoms with van der Waals surface area (Å²) in [6, 6.07) is 9.69. The number of halogens is 2. The molecule has 0 aliphatic carbocycles. The van der Waals surface area contributed by atoms with Crippen LogP contribution in [-0.2, 0) is 0 Å². The second-order valence-corrected chi connectivity index (χ2v) is 6.92. The highest BCUT2D eigenvalue weighted by molar-refractivity contribution is 7.80. The van der Waals surface area contributed by atoms with E-state index in [1.165, 1.54) is 0 Å². The standard InChI is InChI=1S/C17H18Cl2N4S/c1-12-4-5-20-16(10-12)21-17(24)23-8-6-22(7-9-23)13-2-3-14(18)15(19)11-13/h2-5,10-11H,6-9H2,1H3,(H,20,21,24). The minimum Gasteiger partial charge on any atom is -0.368 e. The summed E-state index contributed by atoms with van der Waals surface area (Å²) in [7, 11) is 0. The highest BCUT2D eigenvalue weighted by Crippen LogP contribution is 2.27. The van der Waals surface area contributed by atoms with Crippen LogP contribution in [0.2, 0.25) is 10.0 Å².